The second-order valence-corrected chi connectivity index (χ2v) is 4.15. The SMILES string of the molecule is CCO[C@@H]1C[C@@H](C)Nc2c(OC)cccc21. The van der Waals surface area contributed by atoms with E-state index in [9.17, 15) is 0 Å². The summed E-state index contributed by atoms with van der Waals surface area (Å²) in [6, 6.07) is 6.52. The molecule has 1 aliphatic rings. The average Bonchev–Trinajstić information content (AvgIpc) is 2.28. The van der Waals surface area contributed by atoms with Gasteiger partial charge in [-0.25, -0.2) is 0 Å². The van der Waals surface area contributed by atoms with Crippen molar-refractivity contribution in [3.05, 3.63) is 23.8 Å². The van der Waals surface area contributed by atoms with Gasteiger partial charge in [-0.1, -0.05) is 12.1 Å². The summed E-state index contributed by atoms with van der Waals surface area (Å²) in [5.41, 5.74) is 2.29. The van der Waals surface area contributed by atoms with Gasteiger partial charge in [0, 0.05) is 18.2 Å². The molecule has 88 valence electrons. The van der Waals surface area contributed by atoms with E-state index in [1.54, 1.807) is 7.11 Å². The van der Waals surface area contributed by atoms with Crippen molar-refractivity contribution < 1.29 is 9.47 Å². The van der Waals surface area contributed by atoms with Gasteiger partial charge in [-0.3, -0.25) is 0 Å². The van der Waals surface area contributed by atoms with Gasteiger partial charge in [0.15, 0.2) is 0 Å². The lowest BCUT2D eigenvalue weighted by molar-refractivity contribution is 0.0510. The molecule has 0 spiro atoms. The van der Waals surface area contributed by atoms with Crippen molar-refractivity contribution >= 4 is 5.69 Å². The summed E-state index contributed by atoms with van der Waals surface area (Å²) < 4.78 is 11.2. The van der Waals surface area contributed by atoms with Gasteiger partial charge in [-0.05, 0) is 26.3 Å². The molecule has 0 bridgehead atoms. The first-order chi connectivity index (χ1) is 7.76. The van der Waals surface area contributed by atoms with E-state index >= 15 is 0 Å². The molecule has 3 heteroatoms. The maximum absolute atomic E-state index is 5.78. The van der Waals surface area contributed by atoms with Gasteiger partial charge in [-0.2, -0.15) is 0 Å². The largest absolute Gasteiger partial charge is 0.495 e. The quantitative estimate of drug-likeness (QED) is 0.851. The predicted molar refractivity (Wildman–Crippen MR) is 65.1 cm³/mol. The molecular formula is C13H19NO2. The highest BCUT2D eigenvalue weighted by Gasteiger charge is 2.26. The number of hydrogen-bond acceptors (Lipinski definition) is 3. The molecule has 1 heterocycles. The number of hydrogen-bond donors (Lipinski definition) is 1. The van der Waals surface area contributed by atoms with Crippen LogP contribution in [0, 0.1) is 0 Å². The molecule has 0 radical (unpaired) electrons. The fraction of sp³-hybridized carbons (Fsp3) is 0.538. The number of ether oxygens (including phenoxy) is 2. The normalized spacial score (nSPS) is 23.4. The van der Waals surface area contributed by atoms with E-state index in [0.717, 1.165) is 24.5 Å². The molecule has 2 rings (SSSR count). The molecule has 0 aliphatic carbocycles. The number of anilines is 1. The Morgan fingerprint density at radius 3 is 2.94 bits per heavy atom. The van der Waals surface area contributed by atoms with Crippen molar-refractivity contribution in [1.29, 1.82) is 0 Å². The van der Waals surface area contributed by atoms with Gasteiger partial charge in [0.25, 0.3) is 0 Å². The number of para-hydroxylation sites is 1. The first-order valence-corrected chi connectivity index (χ1v) is 5.81. The minimum absolute atomic E-state index is 0.186. The summed E-state index contributed by atoms with van der Waals surface area (Å²) in [6.45, 7) is 4.95. The van der Waals surface area contributed by atoms with Crippen LogP contribution < -0.4 is 10.1 Å². The standard InChI is InChI=1S/C13H19NO2/c1-4-16-12-8-9(2)14-13-10(12)6-5-7-11(13)15-3/h5-7,9,12,14H,4,8H2,1-3H3/t9-,12-/m1/s1. The van der Waals surface area contributed by atoms with E-state index in [0.29, 0.717) is 6.04 Å². The molecule has 1 N–H and O–H groups in total. The highest BCUT2D eigenvalue weighted by molar-refractivity contribution is 5.64. The van der Waals surface area contributed by atoms with Gasteiger partial charge in [0.1, 0.15) is 5.75 Å². The highest BCUT2D eigenvalue weighted by atomic mass is 16.5. The van der Waals surface area contributed by atoms with Crippen molar-refractivity contribution in [3.8, 4) is 5.75 Å². The lowest BCUT2D eigenvalue weighted by Gasteiger charge is -2.32. The third-order valence-corrected chi connectivity index (χ3v) is 2.95. The number of methoxy groups -OCH3 is 1. The van der Waals surface area contributed by atoms with Crippen LogP contribution in [0.4, 0.5) is 5.69 Å². The summed E-state index contributed by atoms with van der Waals surface area (Å²) in [5.74, 6) is 0.897. The molecule has 1 aliphatic heterocycles. The Bertz CT molecular complexity index is 365. The van der Waals surface area contributed by atoms with E-state index in [1.165, 1.54) is 5.56 Å². The van der Waals surface area contributed by atoms with Crippen LogP contribution in [0.3, 0.4) is 0 Å². The Labute approximate surface area is 96.8 Å². The third kappa shape index (κ3) is 2.00. The maximum atomic E-state index is 5.78. The van der Waals surface area contributed by atoms with Crippen molar-refractivity contribution in [2.75, 3.05) is 19.0 Å². The Kier molecular flexibility index (Phi) is 3.34. The van der Waals surface area contributed by atoms with Crippen molar-refractivity contribution in [3.63, 3.8) is 0 Å². The summed E-state index contributed by atoms with van der Waals surface area (Å²) in [6.07, 6.45) is 1.19. The van der Waals surface area contributed by atoms with E-state index < -0.39 is 0 Å². The first kappa shape index (κ1) is 11.3. The molecule has 1 aromatic rings. The Hall–Kier alpha value is -1.22. The van der Waals surface area contributed by atoms with Crippen molar-refractivity contribution in [1.82, 2.24) is 0 Å². The van der Waals surface area contributed by atoms with E-state index in [-0.39, 0.29) is 6.10 Å². The van der Waals surface area contributed by atoms with Gasteiger partial charge in [0.2, 0.25) is 0 Å². The van der Waals surface area contributed by atoms with Gasteiger partial charge >= 0.3 is 0 Å². The molecule has 0 saturated heterocycles. The summed E-state index contributed by atoms with van der Waals surface area (Å²) in [7, 11) is 1.70. The molecule has 16 heavy (non-hydrogen) atoms. The Morgan fingerprint density at radius 2 is 2.25 bits per heavy atom. The molecule has 2 atom stereocenters. The second-order valence-electron chi connectivity index (χ2n) is 4.15. The van der Waals surface area contributed by atoms with Crippen molar-refractivity contribution in [2.24, 2.45) is 0 Å². The fourth-order valence-electron chi connectivity index (χ4n) is 2.25. The van der Waals surface area contributed by atoms with E-state index in [1.807, 2.05) is 19.1 Å². The molecule has 0 unspecified atom stereocenters. The number of benzene rings is 1. The Balaban J connectivity index is 2.38. The first-order valence-electron chi connectivity index (χ1n) is 5.81. The smallest absolute Gasteiger partial charge is 0.142 e. The third-order valence-electron chi connectivity index (χ3n) is 2.95. The molecular weight excluding hydrogens is 202 g/mol. The topological polar surface area (TPSA) is 30.5 Å². The van der Waals surface area contributed by atoms with Crippen LogP contribution in [-0.2, 0) is 4.74 Å². The highest BCUT2D eigenvalue weighted by Crippen LogP contribution is 2.40. The molecule has 0 saturated carbocycles. The zero-order valence-electron chi connectivity index (χ0n) is 10.1. The van der Waals surface area contributed by atoms with Crippen LogP contribution in [0.5, 0.6) is 5.75 Å². The number of rotatable bonds is 3. The van der Waals surface area contributed by atoms with Crippen LogP contribution >= 0.6 is 0 Å². The summed E-state index contributed by atoms with van der Waals surface area (Å²) >= 11 is 0. The van der Waals surface area contributed by atoms with Crippen molar-refractivity contribution in [2.45, 2.75) is 32.4 Å². The minimum atomic E-state index is 0.186. The second kappa shape index (κ2) is 4.74. The lowest BCUT2D eigenvalue weighted by Crippen LogP contribution is -2.27. The van der Waals surface area contributed by atoms with Crippen LogP contribution in [0.15, 0.2) is 18.2 Å². The number of nitrogens with one attached hydrogen (secondary N) is 1. The van der Waals surface area contributed by atoms with Gasteiger partial charge in [-0.15, -0.1) is 0 Å². The van der Waals surface area contributed by atoms with E-state index in [2.05, 4.69) is 18.3 Å². The monoisotopic (exact) mass is 221 g/mol. The predicted octanol–water partition coefficient (Wildman–Crippen LogP) is 2.98. The molecule has 0 fully saturated rings. The molecule has 1 aromatic carbocycles. The van der Waals surface area contributed by atoms with Crippen LogP contribution in [0.25, 0.3) is 0 Å². The minimum Gasteiger partial charge on any atom is -0.495 e. The van der Waals surface area contributed by atoms with Crippen LogP contribution in [0.2, 0.25) is 0 Å². The maximum Gasteiger partial charge on any atom is 0.142 e. The summed E-state index contributed by atoms with van der Waals surface area (Å²) in [5, 5.41) is 3.46. The molecule has 0 amide bonds. The zero-order valence-corrected chi connectivity index (χ0v) is 10.1. The fourth-order valence-corrected chi connectivity index (χ4v) is 2.25. The van der Waals surface area contributed by atoms with Crippen LogP contribution in [0.1, 0.15) is 31.9 Å². The van der Waals surface area contributed by atoms with Gasteiger partial charge < -0.3 is 14.8 Å². The van der Waals surface area contributed by atoms with E-state index in [4.69, 9.17) is 9.47 Å². The average molecular weight is 221 g/mol. The molecule has 0 aromatic heterocycles. The lowest BCUT2D eigenvalue weighted by atomic mass is 9.95. The Morgan fingerprint density at radius 1 is 1.44 bits per heavy atom. The number of fused-ring (bicyclic) bond motifs is 1. The zero-order chi connectivity index (χ0) is 11.5. The summed E-state index contributed by atoms with van der Waals surface area (Å²) in [4.78, 5) is 0. The van der Waals surface area contributed by atoms with Gasteiger partial charge in [0.05, 0.1) is 18.9 Å². The molecule has 3 nitrogen and oxygen atoms in total. The van der Waals surface area contributed by atoms with Crippen LogP contribution in [-0.4, -0.2) is 19.8 Å².